The van der Waals surface area contributed by atoms with Crippen LogP contribution in [0.5, 0.6) is 0 Å². The molecule has 212 valence electrons. The predicted molar refractivity (Wildman–Crippen MR) is 158 cm³/mol. The number of hydrogen-bond donors (Lipinski definition) is 0. The minimum atomic E-state index is -2.18. The lowest BCUT2D eigenvalue weighted by Gasteiger charge is -2.46. The summed E-state index contributed by atoms with van der Waals surface area (Å²) in [4.78, 5) is 19.4. The number of hydrogen-bond acceptors (Lipinski definition) is 4. The summed E-state index contributed by atoms with van der Waals surface area (Å²) in [5, 5.41) is 0.784. The van der Waals surface area contributed by atoms with Gasteiger partial charge >= 0.3 is 6.09 Å². The molecule has 1 saturated heterocycles. The molecule has 1 aromatic heterocycles. The van der Waals surface area contributed by atoms with Gasteiger partial charge in [-0.15, -0.1) is 0 Å². The summed E-state index contributed by atoms with van der Waals surface area (Å²) < 4.78 is 30.1. The SMILES string of the molecule is CC(C)(C)[Si](C)(C)O[C@H]1CCCN(C(=O)OCc2ccccc2)[C@@H]1CC(F)Cn1cnc2cc(Cl)c(Cl)cc21. The lowest BCUT2D eigenvalue weighted by atomic mass is 9.94. The van der Waals surface area contributed by atoms with Crippen molar-refractivity contribution in [2.75, 3.05) is 6.54 Å². The van der Waals surface area contributed by atoms with Crippen LogP contribution in [0.3, 0.4) is 0 Å². The molecular formula is C29H38Cl2FN3O3Si. The van der Waals surface area contributed by atoms with Crippen molar-refractivity contribution in [3.05, 3.63) is 64.4 Å². The fourth-order valence-corrected chi connectivity index (χ4v) is 6.47. The van der Waals surface area contributed by atoms with E-state index in [2.05, 4.69) is 38.8 Å². The fourth-order valence-electron chi connectivity index (χ4n) is 4.77. The van der Waals surface area contributed by atoms with Crippen LogP contribution >= 0.6 is 23.2 Å². The van der Waals surface area contributed by atoms with Crippen molar-refractivity contribution in [3.63, 3.8) is 0 Å². The Balaban J connectivity index is 1.54. The van der Waals surface area contributed by atoms with Crippen molar-refractivity contribution >= 4 is 48.6 Å². The van der Waals surface area contributed by atoms with Crippen LogP contribution in [-0.4, -0.2) is 53.7 Å². The molecular weight excluding hydrogens is 556 g/mol. The van der Waals surface area contributed by atoms with Crippen LogP contribution in [0.15, 0.2) is 48.8 Å². The van der Waals surface area contributed by atoms with Crippen LogP contribution in [0.2, 0.25) is 28.2 Å². The Morgan fingerprint density at radius 3 is 2.56 bits per heavy atom. The highest BCUT2D eigenvalue weighted by atomic mass is 35.5. The largest absolute Gasteiger partial charge is 0.445 e. The van der Waals surface area contributed by atoms with Crippen LogP contribution in [0.4, 0.5) is 9.18 Å². The number of piperidine rings is 1. The number of alkyl halides is 1. The number of ether oxygens (including phenoxy) is 1. The maximum atomic E-state index is 15.9. The number of halogens is 3. The van der Waals surface area contributed by atoms with E-state index < -0.39 is 26.6 Å². The highest BCUT2D eigenvalue weighted by molar-refractivity contribution is 6.74. The Hall–Kier alpha value is -2.13. The number of rotatable bonds is 8. The van der Waals surface area contributed by atoms with Gasteiger partial charge in [-0.05, 0) is 48.7 Å². The zero-order chi connectivity index (χ0) is 28.4. The van der Waals surface area contributed by atoms with Gasteiger partial charge in [0.1, 0.15) is 12.8 Å². The summed E-state index contributed by atoms with van der Waals surface area (Å²) in [6.07, 6.45) is 1.31. The molecule has 1 unspecified atom stereocenters. The molecule has 1 aliphatic rings. The molecule has 0 N–H and O–H groups in total. The Bertz CT molecular complexity index is 1280. The maximum absolute atomic E-state index is 15.9. The lowest BCUT2D eigenvalue weighted by Crippen LogP contribution is -2.57. The summed E-state index contributed by atoms with van der Waals surface area (Å²) in [5.41, 5.74) is 2.27. The van der Waals surface area contributed by atoms with Crippen molar-refractivity contribution in [2.45, 2.75) is 89.6 Å². The lowest BCUT2D eigenvalue weighted by molar-refractivity contribution is -0.00339. The number of carbonyl (C=O) groups is 1. The molecule has 0 radical (unpaired) electrons. The van der Waals surface area contributed by atoms with E-state index in [0.29, 0.717) is 27.6 Å². The molecule has 3 atom stereocenters. The Labute approximate surface area is 241 Å². The van der Waals surface area contributed by atoms with Gasteiger partial charge in [0.25, 0.3) is 0 Å². The molecule has 2 heterocycles. The van der Waals surface area contributed by atoms with Gasteiger partial charge in [0.2, 0.25) is 0 Å². The molecule has 3 aromatic rings. The van der Waals surface area contributed by atoms with E-state index in [1.54, 1.807) is 27.9 Å². The topological polar surface area (TPSA) is 56.6 Å². The van der Waals surface area contributed by atoms with Gasteiger partial charge in [0, 0.05) is 13.0 Å². The molecule has 10 heteroatoms. The van der Waals surface area contributed by atoms with Gasteiger partial charge in [-0.1, -0.05) is 74.3 Å². The Morgan fingerprint density at radius 1 is 1.18 bits per heavy atom. The average Bonchev–Trinajstić information content (AvgIpc) is 3.24. The zero-order valence-electron chi connectivity index (χ0n) is 23.3. The summed E-state index contributed by atoms with van der Waals surface area (Å²) in [7, 11) is -2.18. The second-order valence-corrected chi connectivity index (χ2v) is 17.4. The third-order valence-electron chi connectivity index (χ3n) is 7.96. The average molecular weight is 595 g/mol. The minimum absolute atomic E-state index is 0.0149. The predicted octanol–water partition coefficient (Wildman–Crippen LogP) is 8.26. The second-order valence-electron chi connectivity index (χ2n) is 11.8. The van der Waals surface area contributed by atoms with Crippen LogP contribution in [0, 0.1) is 0 Å². The van der Waals surface area contributed by atoms with Gasteiger partial charge in [-0.2, -0.15) is 0 Å². The van der Waals surface area contributed by atoms with E-state index in [1.807, 2.05) is 30.3 Å². The second kappa shape index (κ2) is 12.2. The van der Waals surface area contributed by atoms with Gasteiger partial charge in [0.05, 0.1) is 46.1 Å². The molecule has 1 fully saturated rings. The highest BCUT2D eigenvalue weighted by Gasteiger charge is 2.44. The minimum Gasteiger partial charge on any atom is -0.445 e. The number of benzene rings is 2. The normalized spacial score (nSPS) is 19.3. The van der Waals surface area contributed by atoms with Gasteiger partial charge in [0.15, 0.2) is 8.32 Å². The first-order valence-corrected chi connectivity index (χ1v) is 17.1. The summed E-state index contributed by atoms with van der Waals surface area (Å²) in [5.74, 6) is 0. The van der Waals surface area contributed by atoms with Crippen molar-refractivity contribution in [2.24, 2.45) is 0 Å². The Kier molecular flexibility index (Phi) is 9.31. The summed E-state index contributed by atoms with van der Waals surface area (Å²) in [6, 6.07) is 12.5. The first kappa shape index (κ1) is 29.8. The number of imidazole rings is 1. The molecule has 2 aromatic carbocycles. The molecule has 39 heavy (non-hydrogen) atoms. The number of fused-ring (bicyclic) bond motifs is 1. The van der Waals surface area contributed by atoms with E-state index in [0.717, 1.165) is 18.4 Å². The molecule has 0 bridgehead atoms. The van der Waals surface area contributed by atoms with Crippen molar-refractivity contribution < 1.29 is 18.3 Å². The number of amides is 1. The highest BCUT2D eigenvalue weighted by Crippen LogP contribution is 2.40. The number of nitrogens with zero attached hydrogens (tertiary/aromatic N) is 3. The van der Waals surface area contributed by atoms with E-state index in [1.165, 1.54) is 0 Å². The first-order valence-electron chi connectivity index (χ1n) is 13.4. The van der Waals surface area contributed by atoms with Crippen LogP contribution in [-0.2, 0) is 22.3 Å². The van der Waals surface area contributed by atoms with Crippen molar-refractivity contribution in [1.82, 2.24) is 14.5 Å². The number of carbonyl (C=O) groups excluding carboxylic acids is 1. The third kappa shape index (κ3) is 7.15. The van der Waals surface area contributed by atoms with E-state index >= 15 is 4.39 Å². The number of aromatic nitrogens is 2. The van der Waals surface area contributed by atoms with Gasteiger partial charge in [-0.25, -0.2) is 14.2 Å². The number of likely N-dealkylation sites (tertiary alicyclic amines) is 1. The quantitative estimate of drug-likeness (QED) is 0.247. The molecule has 1 aliphatic heterocycles. The van der Waals surface area contributed by atoms with Crippen LogP contribution in [0.1, 0.15) is 45.6 Å². The van der Waals surface area contributed by atoms with E-state index in [4.69, 9.17) is 32.4 Å². The van der Waals surface area contributed by atoms with E-state index in [-0.39, 0.29) is 30.7 Å². The van der Waals surface area contributed by atoms with Crippen LogP contribution in [0.25, 0.3) is 11.0 Å². The van der Waals surface area contributed by atoms with Crippen LogP contribution < -0.4 is 0 Å². The molecule has 4 rings (SSSR count). The summed E-state index contributed by atoms with van der Waals surface area (Å²) in [6.45, 7) is 11.7. The fraction of sp³-hybridized carbons (Fsp3) is 0.517. The smallest absolute Gasteiger partial charge is 0.410 e. The standard InChI is InChI=1S/C29H38Cl2FN3O3Si/c1-29(2,3)39(4,5)38-27-12-9-13-35(28(36)37-18-20-10-7-6-8-11-20)26(27)14-21(32)17-34-19-33-24-15-22(30)23(31)16-25(24)34/h6-8,10-11,15-16,19,21,26-27H,9,12-14,17-18H2,1-5H3/t21?,26-,27+/m1/s1. The third-order valence-corrected chi connectivity index (χ3v) is 13.2. The van der Waals surface area contributed by atoms with Gasteiger partial charge in [-0.3, -0.25) is 0 Å². The monoisotopic (exact) mass is 593 g/mol. The molecule has 0 spiro atoms. The summed E-state index contributed by atoms with van der Waals surface area (Å²) >= 11 is 12.3. The Morgan fingerprint density at radius 2 is 1.87 bits per heavy atom. The maximum Gasteiger partial charge on any atom is 0.410 e. The van der Waals surface area contributed by atoms with Crippen molar-refractivity contribution in [3.8, 4) is 0 Å². The molecule has 6 nitrogen and oxygen atoms in total. The molecule has 1 amide bonds. The first-order chi connectivity index (χ1) is 18.4. The zero-order valence-corrected chi connectivity index (χ0v) is 25.8. The molecule has 0 saturated carbocycles. The van der Waals surface area contributed by atoms with Crippen molar-refractivity contribution in [1.29, 1.82) is 0 Å². The molecule has 0 aliphatic carbocycles. The van der Waals surface area contributed by atoms with Gasteiger partial charge < -0.3 is 18.6 Å². The van der Waals surface area contributed by atoms with E-state index in [9.17, 15) is 4.79 Å².